The number of carboxylic acids is 1. The number of benzene rings is 1. The molecule has 0 bridgehead atoms. The average Bonchev–Trinajstić information content (AvgIpc) is 2.77. The summed E-state index contributed by atoms with van der Waals surface area (Å²) in [5.41, 5.74) is 0. The largest absolute Gasteiger partial charge is 0.482 e. The van der Waals surface area contributed by atoms with E-state index in [1.807, 2.05) is 13.8 Å². The van der Waals surface area contributed by atoms with Crippen molar-refractivity contribution in [1.29, 1.82) is 0 Å². The quantitative estimate of drug-likeness (QED) is 0.889. The molecule has 0 spiro atoms. The summed E-state index contributed by atoms with van der Waals surface area (Å²) < 4.78 is 31.5. The molecule has 1 aliphatic rings. The Bertz CT molecular complexity index is 601. The van der Waals surface area contributed by atoms with Crippen LogP contribution < -0.4 is 4.74 Å². The zero-order valence-corrected chi connectivity index (χ0v) is 12.8. The van der Waals surface area contributed by atoms with Gasteiger partial charge >= 0.3 is 5.97 Å². The van der Waals surface area contributed by atoms with Gasteiger partial charge in [0.05, 0.1) is 4.90 Å². The smallest absolute Gasteiger partial charge is 0.341 e. The Balaban J connectivity index is 2.12. The van der Waals surface area contributed by atoms with Gasteiger partial charge in [-0.2, -0.15) is 4.31 Å². The Kier molecular flexibility index (Phi) is 4.53. The van der Waals surface area contributed by atoms with Gasteiger partial charge in [0.1, 0.15) is 5.75 Å². The van der Waals surface area contributed by atoms with Crippen molar-refractivity contribution in [3.63, 3.8) is 0 Å². The Morgan fingerprint density at radius 1 is 1.24 bits per heavy atom. The molecule has 2 rings (SSSR count). The zero-order chi connectivity index (χ0) is 15.6. The number of aliphatic carboxylic acids is 1. The van der Waals surface area contributed by atoms with Crippen LogP contribution in [0.1, 0.15) is 13.8 Å². The molecule has 2 atom stereocenters. The van der Waals surface area contributed by atoms with Crippen LogP contribution in [0.25, 0.3) is 0 Å². The van der Waals surface area contributed by atoms with Gasteiger partial charge in [-0.05, 0) is 36.1 Å². The molecule has 1 heterocycles. The van der Waals surface area contributed by atoms with Gasteiger partial charge < -0.3 is 9.84 Å². The van der Waals surface area contributed by atoms with Gasteiger partial charge in [-0.3, -0.25) is 0 Å². The molecule has 1 aromatic rings. The van der Waals surface area contributed by atoms with Crippen molar-refractivity contribution in [2.24, 2.45) is 11.8 Å². The Morgan fingerprint density at radius 2 is 1.76 bits per heavy atom. The van der Waals surface area contributed by atoms with Gasteiger partial charge in [0.25, 0.3) is 0 Å². The molecule has 1 aliphatic heterocycles. The van der Waals surface area contributed by atoms with Crippen molar-refractivity contribution >= 4 is 16.0 Å². The number of sulfonamides is 1. The number of nitrogens with zero attached hydrogens (tertiary/aromatic N) is 1. The molecule has 1 saturated heterocycles. The van der Waals surface area contributed by atoms with Crippen molar-refractivity contribution in [3.8, 4) is 5.75 Å². The summed E-state index contributed by atoms with van der Waals surface area (Å²) in [5.74, 6) is -0.0536. The van der Waals surface area contributed by atoms with E-state index >= 15 is 0 Å². The van der Waals surface area contributed by atoms with Crippen LogP contribution in [-0.4, -0.2) is 43.5 Å². The maximum atomic E-state index is 12.5. The molecular formula is C14H19NO5S. The summed E-state index contributed by atoms with van der Waals surface area (Å²) in [6, 6.07) is 5.83. The van der Waals surface area contributed by atoms with E-state index in [0.29, 0.717) is 30.7 Å². The third-order valence-electron chi connectivity index (χ3n) is 3.78. The zero-order valence-electron chi connectivity index (χ0n) is 12.0. The molecule has 0 aromatic heterocycles. The maximum Gasteiger partial charge on any atom is 0.341 e. The molecule has 1 fully saturated rings. The molecule has 0 amide bonds. The highest BCUT2D eigenvalue weighted by molar-refractivity contribution is 7.89. The molecule has 0 aliphatic carbocycles. The summed E-state index contributed by atoms with van der Waals surface area (Å²) in [6.45, 7) is 4.70. The van der Waals surface area contributed by atoms with E-state index in [0.717, 1.165) is 0 Å². The number of hydrogen-bond acceptors (Lipinski definition) is 4. The molecule has 0 radical (unpaired) electrons. The van der Waals surface area contributed by atoms with Gasteiger partial charge in [-0.25, -0.2) is 13.2 Å². The van der Waals surface area contributed by atoms with E-state index in [-0.39, 0.29) is 4.90 Å². The van der Waals surface area contributed by atoms with E-state index in [4.69, 9.17) is 9.84 Å². The standard InChI is InChI=1S/C14H19NO5S/c1-10-7-15(8-11(10)2)21(18,19)13-5-3-12(4-6-13)20-9-14(16)17/h3-6,10-11H,7-9H2,1-2H3,(H,16,17). The van der Waals surface area contributed by atoms with Crippen LogP contribution in [0.4, 0.5) is 0 Å². The number of ether oxygens (including phenoxy) is 1. The summed E-state index contributed by atoms with van der Waals surface area (Å²) in [6.07, 6.45) is 0. The van der Waals surface area contributed by atoms with E-state index in [9.17, 15) is 13.2 Å². The Morgan fingerprint density at radius 3 is 2.24 bits per heavy atom. The van der Waals surface area contributed by atoms with Crippen LogP contribution in [0, 0.1) is 11.8 Å². The summed E-state index contributed by atoms with van der Waals surface area (Å²) in [5, 5.41) is 8.52. The number of hydrogen-bond donors (Lipinski definition) is 1. The van der Waals surface area contributed by atoms with E-state index in [1.165, 1.54) is 28.6 Å². The minimum absolute atomic E-state index is 0.200. The van der Waals surface area contributed by atoms with Crippen molar-refractivity contribution < 1.29 is 23.1 Å². The van der Waals surface area contributed by atoms with Crippen LogP contribution in [0.2, 0.25) is 0 Å². The highest BCUT2D eigenvalue weighted by Crippen LogP contribution is 2.28. The number of carboxylic acid groups (broad SMARTS) is 1. The van der Waals surface area contributed by atoms with Crippen LogP contribution >= 0.6 is 0 Å². The summed E-state index contributed by atoms with van der Waals surface area (Å²) in [4.78, 5) is 10.6. The molecule has 21 heavy (non-hydrogen) atoms. The van der Waals surface area contributed by atoms with E-state index in [1.54, 1.807) is 0 Å². The Hall–Kier alpha value is -1.60. The minimum Gasteiger partial charge on any atom is -0.482 e. The van der Waals surface area contributed by atoms with Crippen LogP contribution in [0.3, 0.4) is 0 Å². The lowest BCUT2D eigenvalue weighted by Crippen LogP contribution is -2.29. The van der Waals surface area contributed by atoms with Crippen LogP contribution in [0.5, 0.6) is 5.75 Å². The van der Waals surface area contributed by atoms with E-state index < -0.39 is 22.6 Å². The predicted molar refractivity (Wildman–Crippen MR) is 76.7 cm³/mol. The number of carbonyl (C=O) groups is 1. The third kappa shape index (κ3) is 3.54. The highest BCUT2D eigenvalue weighted by atomic mass is 32.2. The lowest BCUT2D eigenvalue weighted by molar-refractivity contribution is -0.139. The van der Waals surface area contributed by atoms with Crippen LogP contribution in [0.15, 0.2) is 29.2 Å². The molecule has 6 nitrogen and oxygen atoms in total. The van der Waals surface area contributed by atoms with E-state index in [2.05, 4.69) is 0 Å². The lowest BCUT2D eigenvalue weighted by atomic mass is 10.0. The first-order valence-corrected chi connectivity index (χ1v) is 8.19. The van der Waals surface area contributed by atoms with Crippen molar-refractivity contribution in [2.45, 2.75) is 18.7 Å². The van der Waals surface area contributed by atoms with Gasteiger partial charge in [0.2, 0.25) is 10.0 Å². The van der Waals surface area contributed by atoms with Crippen LogP contribution in [-0.2, 0) is 14.8 Å². The molecule has 2 unspecified atom stereocenters. The van der Waals surface area contributed by atoms with Crippen molar-refractivity contribution in [2.75, 3.05) is 19.7 Å². The fraction of sp³-hybridized carbons (Fsp3) is 0.500. The first-order valence-electron chi connectivity index (χ1n) is 6.75. The second kappa shape index (κ2) is 6.03. The topological polar surface area (TPSA) is 83.9 Å². The summed E-state index contributed by atoms with van der Waals surface area (Å²) >= 11 is 0. The molecule has 0 saturated carbocycles. The normalized spacial score (nSPS) is 23.1. The minimum atomic E-state index is -3.49. The molecule has 7 heteroatoms. The van der Waals surface area contributed by atoms with Gasteiger partial charge in [-0.15, -0.1) is 0 Å². The number of rotatable bonds is 5. The second-order valence-corrected chi connectivity index (χ2v) is 7.37. The molecule has 1 aromatic carbocycles. The van der Waals surface area contributed by atoms with Crippen molar-refractivity contribution in [3.05, 3.63) is 24.3 Å². The highest BCUT2D eigenvalue weighted by Gasteiger charge is 2.34. The Labute approximate surface area is 124 Å². The first-order chi connectivity index (χ1) is 9.80. The maximum absolute atomic E-state index is 12.5. The lowest BCUT2D eigenvalue weighted by Gasteiger charge is -2.16. The molecule has 1 N–H and O–H groups in total. The molecule has 116 valence electrons. The molecular weight excluding hydrogens is 294 g/mol. The van der Waals surface area contributed by atoms with Crippen molar-refractivity contribution in [1.82, 2.24) is 4.31 Å². The first kappa shape index (κ1) is 15.8. The summed E-state index contributed by atoms with van der Waals surface area (Å²) in [7, 11) is -3.49. The average molecular weight is 313 g/mol. The van der Waals surface area contributed by atoms with Gasteiger partial charge in [0, 0.05) is 13.1 Å². The third-order valence-corrected chi connectivity index (χ3v) is 5.62. The fourth-order valence-corrected chi connectivity index (χ4v) is 3.92. The fourth-order valence-electron chi connectivity index (χ4n) is 2.28. The second-order valence-electron chi connectivity index (χ2n) is 5.43. The monoisotopic (exact) mass is 313 g/mol. The predicted octanol–water partition coefficient (Wildman–Crippen LogP) is 1.43. The SMILES string of the molecule is CC1CN(S(=O)(=O)c2ccc(OCC(=O)O)cc2)CC1C. The van der Waals surface area contributed by atoms with Gasteiger partial charge in [-0.1, -0.05) is 13.8 Å². The van der Waals surface area contributed by atoms with Gasteiger partial charge in [0.15, 0.2) is 6.61 Å².